The van der Waals surface area contributed by atoms with Crippen molar-refractivity contribution in [1.29, 1.82) is 0 Å². The zero-order valence-corrected chi connectivity index (χ0v) is 22.6. The lowest BCUT2D eigenvalue weighted by Crippen LogP contribution is -2.22. The number of hydrogen-bond acceptors (Lipinski definition) is 1. The van der Waals surface area contributed by atoms with Gasteiger partial charge in [-0.15, -0.1) is 0 Å². The number of hydrogen-bond donors (Lipinski definition) is 0. The van der Waals surface area contributed by atoms with Crippen LogP contribution in [0, 0.1) is 0 Å². The molecular formula is C33H36ClN. The Morgan fingerprint density at radius 2 is 1.51 bits per heavy atom. The highest BCUT2D eigenvalue weighted by Crippen LogP contribution is 2.48. The van der Waals surface area contributed by atoms with Gasteiger partial charge in [0.15, 0.2) is 0 Å². The van der Waals surface area contributed by atoms with Crippen molar-refractivity contribution in [3.8, 4) is 0 Å². The summed E-state index contributed by atoms with van der Waals surface area (Å²) in [6, 6.07) is 17.5. The smallest absolute Gasteiger partial charge is 0.0469 e. The number of benzene rings is 2. The molecule has 0 unspecified atom stereocenters. The highest BCUT2D eigenvalue weighted by Gasteiger charge is 2.38. The van der Waals surface area contributed by atoms with Crippen LogP contribution in [0.2, 0.25) is 0 Å². The van der Waals surface area contributed by atoms with Gasteiger partial charge in [-0.3, -0.25) is 0 Å². The maximum Gasteiger partial charge on any atom is 0.0469 e. The van der Waals surface area contributed by atoms with Crippen LogP contribution in [0.4, 0.5) is 5.69 Å². The molecule has 0 saturated carbocycles. The topological polar surface area (TPSA) is 3.24 Å². The van der Waals surface area contributed by atoms with Crippen molar-refractivity contribution in [3.05, 3.63) is 117 Å². The summed E-state index contributed by atoms with van der Waals surface area (Å²) in [5, 5.41) is 0.923. The molecule has 2 heteroatoms. The highest BCUT2D eigenvalue weighted by atomic mass is 35.5. The second kappa shape index (κ2) is 8.71. The summed E-state index contributed by atoms with van der Waals surface area (Å²) in [6.45, 7) is 11.5. The van der Waals surface area contributed by atoms with E-state index in [0.717, 1.165) is 24.3 Å². The summed E-state index contributed by atoms with van der Waals surface area (Å²) < 4.78 is 0. The number of halogens is 1. The molecule has 0 bridgehead atoms. The van der Waals surface area contributed by atoms with E-state index in [2.05, 4.69) is 119 Å². The van der Waals surface area contributed by atoms with Gasteiger partial charge >= 0.3 is 0 Å². The van der Waals surface area contributed by atoms with Crippen molar-refractivity contribution in [2.24, 2.45) is 0 Å². The molecule has 5 rings (SSSR count). The van der Waals surface area contributed by atoms with Crippen LogP contribution in [-0.2, 0) is 10.8 Å². The largest absolute Gasteiger partial charge is 0.347 e. The summed E-state index contributed by atoms with van der Waals surface area (Å²) in [7, 11) is 2.17. The molecule has 0 amide bonds. The van der Waals surface area contributed by atoms with Crippen molar-refractivity contribution in [3.63, 3.8) is 0 Å². The van der Waals surface area contributed by atoms with Crippen molar-refractivity contribution >= 4 is 22.9 Å². The van der Waals surface area contributed by atoms with Gasteiger partial charge in [0, 0.05) is 34.3 Å². The lowest BCUT2D eigenvalue weighted by Gasteiger charge is -2.24. The van der Waals surface area contributed by atoms with E-state index in [1.165, 1.54) is 50.4 Å². The minimum Gasteiger partial charge on any atom is -0.347 e. The van der Waals surface area contributed by atoms with E-state index in [1.54, 1.807) is 0 Å². The van der Waals surface area contributed by atoms with Gasteiger partial charge in [0.25, 0.3) is 0 Å². The van der Waals surface area contributed by atoms with Crippen molar-refractivity contribution in [2.75, 3.05) is 11.9 Å². The second-order valence-corrected chi connectivity index (χ2v) is 11.6. The SMILES string of the molecule is CC1=C(/C=C/C2=C(Cl)C(=C/C=C3\N(C)c4ccccc4C3(C)C)CCC2)C(C)(C)c2ccccc21. The minimum atomic E-state index is -0.0247. The first kappa shape index (κ1) is 23.9. The van der Waals surface area contributed by atoms with Gasteiger partial charge in [0.1, 0.15) is 0 Å². The molecule has 2 aromatic carbocycles. The van der Waals surface area contributed by atoms with Crippen LogP contribution in [0.25, 0.3) is 5.57 Å². The van der Waals surface area contributed by atoms with Gasteiger partial charge in [-0.25, -0.2) is 0 Å². The lowest BCUT2D eigenvalue weighted by atomic mass is 9.80. The van der Waals surface area contributed by atoms with Crippen molar-refractivity contribution < 1.29 is 0 Å². The maximum absolute atomic E-state index is 7.01. The predicted octanol–water partition coefficient (Wildman–Crippen LogP) is 9.22. The molecule has 0 saturated heterocycles. The summed E-state index contributed by atoms with van der Waals surface area (Å²) in [6.07, 6.45) is 12.3. The molecule has 2 aliphatic carbocycles. The molecular weight excluding hydrogens is 446 g/mol. The Balaban J connectivity index is 1.46. The number of anilines is 1. The first-order valence-electron chi connectivity index (χ1n) is 12.8. The van der Waals surface area contributed by atoms with E-state index >= 15 is 0 Å². The molecule has 180 valence electrons. The third-order valence-corrected chi connectivity index (χ3v) is 8.86. The van der Waals surface area contributed by atoms with Gasteiger partial charge in [-0.05, 0) is 77.3 Å². The molecule has 35 heavy (non-hydrogen) atoms. The monoisotopic (exact) mass is 481 g/mol. The summed E-state index contributed by atoms with van der Waals surface area (Å²) in [5.74, 6) is 0. The molecule has 0 fully saturated rings. The standard InChI is InChI=1S/C33H36ClN/c1-22-25-14-7-8-15-27(25)32(2,3)26(22)20-18-23-12-11-13-24(31(23)34)19-21-30-33(4,5)28-16-9-10-17-29(28)35(30)6/h7-10,14-21H,11-13H2,1-6H3/b20-18+,24-19?,30-21-. The van der Waals surface area contributed by atoms with Crippen LogP contribution in [0.5, 0.6) is 0 Å². The quantitative estimate of drug-likeness (QED) is 0.422. The van der Waals surface area contributed by atoms with E-state index in [9.17, 15) is 0 Å². The summed E-state index contributed by atoms with van der Waals surface area (Å²) in [5.41, 5.74) is 12.0. The Kier molecular flexibility index (Phi) is 5.96. The molecule has 0 N–H and O–H groups in total. The fraction of sp³-hybridized carbons (Fsp3) is 0.333. The minimum absolute atomic E-state index is 0.00954. The molecule has 1 aliphatic heterocycles. The van der Waals surface area contributed by atoms with E-state index in [4.69, 9.17) is 11.6 Å². The van der Waals surface area contributed by atoms with E-state index in [-0.39, 0.29) is 10.8 Å². The molecule has 0 radical (unpaired) electrons. The zero-order chi connectivity index (χ0) is 25.0. The number of para-hydroxylation sites is 1. The van der Waals surface area contributed by atoms with E-state index < -0.39 is 0 Å². The third kappa shape index (κ3) is 3.85. The molecule has 1 heterocycles. The summed E-state index contributed by atoms with van der Waals surface area (Å²) in [4.78, 5) is 2.32. The average Bonchev–Trinajstić information content (AvgIpc) is 3.16. The number of nitrogens with zero attached hydrogens (tertiary/aromatic N) is 1. The van der Waals surface area contributed by atoms with Gasteiger partial charge in [-0.2, -0.15) is 0 Å². The first-order valence-corrected chi connectivity index (χ1v) is 13.1. The Hall–Kier alpha value is -2.77. The highest BCUT2D eigenvalue weighted by molar-refractivity contribution is 6.32. The van der Waals surface area contributed by atoms with Crippen LogP contribution >= 0.6 is 11.6 Å². The maximum atomic E-state index is 7.01. The Morgan fingerprint density at radius 3 is 2.23 bits per heavy atom. The van der Waals surface area contributed by atoms with Gasteiger partial charge in [-0.1, -0.05) is 100.0 Å². The van der Waals surface area contributed by atoms with Gasteiger partial charge in [0.2, 0.25) is 0 Å². The summed E-state index contributed by atoms with van der Waals surface area (Å²) >= 11 is 7.01. The van der Waals surface area contributed by atoms with Crippen LogP contribution in [0.3, 0.4) is 0 Å². The second-order valence-electron chi connectivity index (χ2n) is 11.2. The molecule has 2 aromatic rings. The fourth-order valence-corrected chi connectivity index (χ4v) is 6.64. The lowest BCUT2D eigenvalue weighted by molar-refractivity contribution is 0.640. The zero-order valence-electron chi connectivity index (χ0n) is 21.9. The van der Waals surface area contributed by atoms with E-state index in [1.807, 2.05) is 0 Å². The number of fused-ring (bicyclic) bond motifs is 2. The van der Waals surface area contributed by atoms with Gasteiger partial charge < -0.3 is 4.90 Å². The fourth-order valence-electron chi connectivity index (χ4n) is 6.32. The average molecular weight is 482 g/mol. The van der Waals surface area contributed by atoms with Crippen molar-refractivity contribution in [1.82, 2.24) is 0 Å². The number of rotatable bonds is 3. The van der Waals surface area contributed by atoms with E-state index in [0.29, 0.717) is 0 Å². The number of allylic oxidation sites excluding steroid dienone is 10. The Bertz CT molecular complexity index is 1340. The molecule has 0 spiro atoms. The van der Waals surface area contributed by atoms with Crippen molar-refractivity contribution in [2.45, 2.75) is 64.7 Å². The van der Waals surface area contributed by atoms with Crippen LogP contribution < -0.4 is 4.90 Å². The normalized spacial score (nSPS) is 23.1. The molecule has 3 aliphatic rings. The van der Waals surface area contributed by atoms with Crippen LogP contribution in [0.1, 0.15) is 70.6 Å². The van der Waals surface area contributed by atoms with Gasteiger partial charge in [0.05, 0.1) is 0 Å². The molecule has 1 nitrogen and oxygen atoms in total. The predicted molar refractivity (Wildman–Crippen MR) is 152 cm³/mol. The molecule has 0 aromatic heterocycles. The third-order valence-electron chi connectivity index (χ3n) is 8.37. The van der Waals surface area contributed by atoms with Crippen LogP contribution in [0.15, 0.2) is 100 Å². The Morgan fingerprint density at radius 1 is 0.829 bits per heavy atom. The Labute approximate surface area is 216 Å². The molecule has 0 atom stereocenters. The number of likely N-dealkylation sites (N-methyl/N-ethyl adjacent to an activating group) is 1. The van der Waals surface area contributed by atoms with Crippen LogP contribution in [-0.4, -0.2) is 7.05 Å². The first-order chi connectivity index (χ1) is 16.6.